The molecule has 1 aromatic heterocycles. The maximum Gasteiger partial charge on any atom is 0.224 e. The van der Waals surface area contributed by atoms with Crippen LogP contribution in [0.5, 0.6) is 0 Å². The van der Waals surface area contributed by atoms with E-state index in [0.717, 1.165) is 32.4 Å². The van der Waals surface area contributed by atoms with Gasteiger partial charge in [0, 0.05) is 16.3 Å². The molecule has 94 valence electrons. The van der Waals surface area contributed by atoms with Crippen molar-refractivity contribution in [2.24, 2.45) is 5.92 Å². The number of thiophene rings is 1. The van der Waals surface area contributed by atoms with Crippen LogP contribution in [0.4, 0.5) is 0 Å². The Morgan fingerprint density at radius 3 is 3.00 bits per heavy atom. The average molecular weight is 252 g/mol. The number of rotatable bonds is 4. The molecule has 0 saturated carbocycles. The maximum absolute atomic E-state index is 11.9. The fourth-order valence-electron chi connectivity index (χ4n) is 2.10. The Balaban J connectivity index is 1.78. The van der Waals surface area contributed by atoms with Gasteiger partial charge >= 0.3 is 0 Å². The van der Waals surface area contributed by atoms with Crippen molar-refractivity contribution in [3.8, 4) is 0 Å². The highest BCUT2D eigenvalue weighted by Gasteiger charge is 2.20. The van der Waals surface area contributed by atoms with Gasteiger partial charge in [-0.3, -0.25) is 4.79 Å². The van der Waals surface area contributed by atoms with Crippen LogP contribution in [0.2, 0.25) is 0 Å². The number of nitrogens with one attached hydrogen (secondary N) is 2. The lowest BCUT2D eigenvalue weighted by Gasteiger charge is -2.21. The van der Waals surface area contributed by atoms with E-state index in [1.165, 1.54) is 9.75 Å². The molecule has 2 heterocycles. The summed E-state index contributed by atoms with van der Waals surface area (Å²) in [4.78, 5) is 14.5. The van der Waals surface area contributed by atoms with E-state index in [1.807, 2.05) is 0 Å². The van der Waals surface area contributed by atoms with Crippen LogP contribution < -0.4 is 10.6 Å². The van der Waals surface area contributed by atoms with Crippen molar-refractivity contribution in [2.45, 2.75) is 32.7 Å². The third kappa shape index (κ3) is 3.54. The Morgan fingerprint density at radius 2 is 2.35 bits per heavy atom. The van der Waals surface area contributed by atoms with E-state index < -0.39 is 0 Å². The molecule has 3 nitrogen and oxygen atoms in total. The first-order valence-corrected chi connectivity index (χ1v) is 7.17. The predicted molar refractivity (Wildman–Crippen MR) is 71.1 cm³/mol. The summed E-state index contributed by atoms with van der Waals surface area (Å²) in [7, 11) is 0. The fraction of sp³-hybridized carbons (Fsp3) is 0.615. The van der Waals surface area contributed by atoms with Crippen molar-refractivity contribution in [2.75, 3.05) is 13.1 Å². The number of piperidine rings is 1. The first kappa shape index (κ1) is 12.6. The lowest BCUT2D eigenvalue weighted by Crippen LogP contribution is -2.40. The minimum absolute atomic E-state index is 0.161. The van der Waals surface area contributed by atoms with Crippen molar-refractivity contribution in [3.63, 3.8) is 0 Å². The number of carbonyl (C=O) groups excluding carboxylic acids is 1. The molecule has 1 aliphatic rings. The Kier molecular flexibility index (Phi) is 4.57. The number of aryl methyl sites for hydroxylation is 1. The molecule has 4 heteroatoms. The average Bonchev–Trinajstić information content (AvgIpc) is 2.85. The summed E-state index contributed by atoms with van der Waals surface area (Å²) in [6.07, 6.45) is 3.20. The van der Waals surface area contributed by atoms with E-state index in [2.05, 4.69) is 29.7 Å². The SMILES string of the molecule is CCc1ccc(CNC(=O)C2CCCNC2)s1. The van der Waals surface area contributed by atoms with Gasteiger partial charge in [-0.15, -0.1) is 11.3 Å². The lowest BCUT2D eigenvalue weighted by molar-refractivity contribution is -0.125. The van der Waals surface area contributed by atoms with Gasteiger partial charge in [0.25, 0.3) is 0 Å². The molecule has 1 aliphatic heterocycles. The first-order chi connectivity index (χ1) is 8.29. The zero-order chi connectivity index (χ0) is 12.1. The van der Waals surface area contributed by atoms with E-state index in [1.54, 1.807) is 11.3 Å². The molecule has 1 amide bonds. The van der Waals surface area contributed by atoms with Gasteiger partial charge in [-0.05, 0) is 37.9 Å². The second-order valence-corrected chi connectivity index (χ2v) is 5.74. The van der Waals surface area contributed by atoms with Gasteiger partial charge in [0.1, 0.15) is 0 Å². The van der Waals surface area contributed by atoms with Crippen LogP contribution in [0, 0.1) is 5.92 Å². The zero-order valence-corrected chi connectivity index (χ0v) is 11.1. The van der Waals surface area contributed by atoms with Gasteiger partial charge in [-0.1, -0.05) is 6.92 Å². The molecule has 0 spiro atoms. The van der Waals surface area contributed by atoms with E-state index in [9.17, 15) is 4.79 Å². The van der Waals surface area contributed by atoms with Crippen LogP contribution in [0.3, 0.4) is 0 Å². The molecular formula is C13H20N2OS. The van der Waals surface area contributed by atoms with Crippen molar-refractivity contribution >= 4 is 17.2 Å². The molecule has 2 N–H and O–H groups in total. The molecule has 0 aliphatic carbocycles. The van der Waals surface area contributed by atoms with Crippen LogP contribution in [0.15, 0.2) is 12.1 Å². The van der Waals surface area contributed by atoms with Crippen LogP contribution in [-0.2, 0) is 17.8 Å². The molecular weight excluding hydrogens is 232 g/mol. The molecule has 0 bridgehead atoms. The van der Waals surface area contributed by atoms with Crippen molar-refractivity contribution in [1.29, 1.82) is 0 Å². The normalized spacial score (nSPS) is 20.2. The Bertz CT molecular complexity index is 369. The van der Waals surface area contributed by atoms with Crippen molar-refractivity contribution in [1.82, 2.24) is 10.6 Å². The second kappa shape index (κ2) is 6.17. The minimum atomic E-state index is 0.161. The van der Waals surface area contributed by atoms with E-state index in [0.29, 0.717) is 6.54 Å². The number of hydrogen-bond donors (Lipinski definition) is 2. The van der Waals surface area contributed by atoms with E-state index in [-0.39, 0.29) is 11.8 Å². The lowest BCUT2D eigenvalue weighted by atomic mass is 9.99. The van der Waals surface area contributed by atoms with Gasteiger partial charge in [0.15, 0.2) is 0 Å². The number of carbonyl (C=O) groups is 1. The highest BCUT2D eigenvalue weighted by Crippen LogP contribution is 2.17. The Labute approximate surface area is 107 Å². The molecule has 1 fully saturated rings. The highest BCUT2D eigenvalue weighted by atomic mass is 32.1. The second-order valence-electron chi connectivity index (χ2n) is 4.48. The van der Waals surface area contributed by atoms with Gasteiger partial charge in [0.2, 0.25) is 5.91 Å². The van der Waals surface area contributed by atoms with Gasteiger partial charge in [0.05, 0.1) is 12.5 Å². The summed E-state index contributed by atoms with van der Waals surface area (Å²) in [5.74, 6) is 0.359. The monoisotopic (exact) mass is 252 g/mol. The minimum Gasteiger partial charge on any atom is -0.351 e. The van der Waals surface area contributed by atoms with Crippen LogP contribution in [-0.4, -0.2) is 19.0 Å². The summed E-state index contributed by atoms with van der Waals surface area (Å²) < 4.78 is 0. The van der Waals surface area contributed by atoms with Gasteiger partial charge < -0.3 is 10.6 Å². The summed E-state index contributed by atoms with van der Waals surface area (Å²) >= 11 is 1.79. The van der Waals surface area contributed by atoms with E-state index >= 15 is 0 Å². The number of amides is 1. The molecule has 1 unspecified atom stereocenters. The summed E-state index contributed by atoms with van der Waals surface area (Å²) in [5, 5.41) is 6.31. The largest absolute Gasteiger partial charge is 0.351 e. The zero-order valence-electron chi connectivity index (χ0n) is 10.3. The molecule has 1 atom stereocenters. The summed E-state index contributed by atoms with van der Waals surface area (Å²) in [5.41, 5.74) is 0. The quantitative estimate of drug-likeness (QED) is 0.859. The van der Waals surface area contributed by atoms with Gasteiger partial charge in [-0.25, -0.2) is 0 Å². The molecule has 0 aromatic carbocycles. The highest BCUT2D eigenvalue weighted by molar-refractivity contribution is 7.11. The van der Waals surface area contributed by atoms with E-state index in [4.69, 9.17) is 0 Å². The maximum atomic E-state index is 11.9. The van der Waals surface area contributed by atoms with Crippen LogP contribution in [0.25, 0.3) is 0 Å². The summed E-state index contributed by atoms with van der Waals surface area (Å²) in [6, 6.07) is 4.26. The molecule has 0 radical (unpaired) electrons. The van der Waals surface area contributed by atoms with Crippen LogP contribution in [0.1, 0.15) is 29.5 Å². The van der Waals surface area contributed by atoms with Gasteiger partial charge in [-0.2, -0.15) is 0 Å². The Hall–Kier alpha value is -0.870. The third-order valence-electron chi connectivity index (χ3n) is 3.17. The molecule has 1 saturated heterocycles. The topological polar surface area (TPSA) is 41.1 Å². The third-order valence-corrected chi connectivity index (χ3v) is 4.40. The molecule has 17 heavy (non-hydrogen) atoms. The van der Waals surface area contributed by atoms with Crippen LogP contribution >= 0.6 is 11.3 Å². The molecule has 2 rings (SSSR count). The molecule has 1 aromatic rings. The predicted octanol–water partition coefficient (Wildman–Crippen LogP) is 1.93. The number of hydrogen-bond acceptors (Lipinski definition) is 3. The van der Waals surface area contributed by atoms with Crippen molar-refractivity contribution < 1.29 is 4.79 Å². The summed E-state index contributed by atoms with van der Waals surface area (Å²) in [6.45, 7) is 4.72. The smallest absolute Gasteiger partial charge is 0.224 e. The Morgan fingerprint density at radius 1 is 1.53 bits per heavy atom. The van der Waals surface area contributed by atoms with Crippen molar-refractivity contribution in [3.05, 3.63) is 21.9 Å². The standard InChI is InChI=1S/C13H20N2OS/c1-2-11-5-6-12(17-11)9-15-13(16)10-4-3-7-14-8-10/h5-6,10,14H,2-4,7-9H2,1H3,(H,15,16). The fourth-order valence-corrected chi connectivity index (χ4v) is 3.00. The first-order valence-electron chi connectivity index (χ1n) is 6.35.